The van der Waals surface area contributed by atoms with Gasteiger partial charge in [-0.1, -0.05) is 20.8 Å². The third kappa shape index (κ3) is 5.31. The Kier molecular flexibility index (Phi) is 7.06. The van der Waals surface area contributed by atoms with E-state index in [0.29, 0.717) is 0 Å². The topological polar surface area (TPSA) is 15.3 Å². The maximum absolute atomic E-state index is 3.72. The Morgan fingerprint density at radius 1 is 1.06 bits per heavy atom. The van der Waals surface area contributed by atoms with E-state index in [0.717, 1.165) is 12.0 Å². The maximum Gasteiger partial charge on any atom is 0.0107 e. The fraction of sp³-hybridized carbons (Fsp3) is 1.00. The van der Waals surface area contributed by atoms with Crippen LogP contribution in [0.4, 0.5) is 0 Å². The summed E-state index contributed by atoms with van der Waals surface area (Å²) in [5, 5.41) is 3.72. The lowest BCUT2D eigenvalue weighted by Crippen LogP contribution is -2.39. The van der Waals surface area contributed by atoms with Gasteiger partial charge in [0.2, 0.25) is 0 Å². The molecular formula is C14H30N2. The molecule has 0 aromatic carbocycles. The van der Waals surface area contributed by atoms with Crippen molar-refractivity contribution in [1.29, 1.82) is 0 Å². The molecule has 16 heavy (non-hydrogen) atoms. The molecule has 1 saturated carbocycles. The van der Waals surface area contributed by atoms with Gasteiger partial charge in [-0.05, 0) is 51.1 Å². The molecule has 0 spiro atoms. The third-order valence-electron chi connectivity index (χ3n) is 3.86. The van der Waals surface area contributed by atoms with Gasteiger partial charge >= 0.3 is 0 Å². The average molecular weight is 226 g/mol. The summed E-state index contributed by atoms with van der Waals surface area (Å²) in [6.45, 7) is 11.7. The van der Waals surface area contributed by atoms with Crippen LogP contribution >= 0.6 is 0 Å². The lowest BCUT2D eigenvalue weighted by atomic mass is 9.87. The monoisotopic (exact) mass is 226 g/mol. The van der Waals surface area contributed by atoms with Crippen molar-refractivity contribution in [3.63, 3.8) is 0 Å². The van der Waals surface area contributed by atoms with Crippen LogP contribution in [-0.2, 0) is 0 Å². The van der Waals surface area contributed by atoms with Crippen LogP contribution in [0.25, 0.3) is 0 Å². The first kappa shape index (κ1) is 14.0. The number of rotatable bonds is 7. The third-order valence-corrected chi connectivity index (χ3v) is 3.86. The minimum atomic E-state index is 0.802. The fourth-order valence-electron chi connectivity index (χ4n) is 2.64. The van der Waals surface area contributed by atoms with E-state index in [2.05, 4.69) is 31.0 Å². The maximum atomic E-state index is 3.72. The number of likely N-dealkylation sites (N-methyl/N-ethyl adjacent to an activating group) is 1. The van der Waals surface area contributed by atoms with Crippen LogP contribution in [0, 0.1) is 5.92 Å². The molecule has 0 atom stereocenters. The Balaban J connectivity index is 2.05. The lowest BCUT2D eigenvalue weighted by molar-refractivity contribution is 0.262. The average Bonchev–Trinajstić information content (AvgIpc) is 2.30. The fourth-order valence-corrected chi connectivity index (χ4v) is 2.64. The number of nitrogens with one attached hydrogen (secondary N) is 1. The molecule has 0 aliphatic heterocycles. The van der Waals surface area contributed by atoms with Gasteiger partial charge in [-0.25, -0.2) is 0 Å². The first-order chi connectivity index (χ1) is 7.76. The van der Waals surface area contributed by atoms with E-state index < -0.39 is 0 Å². The number of hydrogen-bond donors (Lipinski definition) is 1. The van der Waals surface area contributed by atoms with Crippen molar-refractivity contribution in [1.82, 2.24) is 10.2 Å². The SMILES string of the molecule is CCCN(CC)CCNC1CCC(C)CC1. The second kappa shape index (κ2) is 8.08. The zero-order chi connectivity index (χ0) is 11.8. The van der Waals surface area contributed by atoms with Crippen LogP contribution < -0.4 is 5.32 Å². The van der Waals surface area contributed by atoms with Crippen LogP contribution in [0.2, 0.25) is 0 Å². The Hall–Kier alpha value is -0.0800. The highest BCUT2D eigenvalue weighted by molar-refractivity contribution is 4.75. The molecule has 2 nitrogen and oxygen atoms in total. The molecule has 1 aliphatic carbocycles. The molecule has 0 amide bonds. The molecular weight excluding hydrogens is 196 g/mol. The molecule has 0 aromatic heterocycles. The minimum Gasteiger partial charge on any atom is -0.313 e. The Morgan fingerprint density at radius 2 is 1.75 bits per heavy atom. The van der Waals surface area contributed by atoms with Gasteiger partial charge in [-0.2, -0.15) is 0 Å². The molecule has 1 rings (SSSR count). The molecule has 0 radical (unpaired) electrons. The second-order valence-corrected chi connectivity index (χ2v) is 5.35. The zero-order valence-corrected chi connectivity index (χ0v) is 11.5. The van der Waals surface area contributed by atoms with Crippen LogP contribution in [0.3, 0.4) is 0 Å². The Bertz CT molecular complexity index is 162. The van der Waals surface area contributed by atoms with Crippen molar-refractivity contribution in [2.24, 2.45) is 5.92 Å². The molecule has 1 aliphatic rings. The predicted molar refractivity (Wildman–Crippen MR) is 71.8 cm³/mol. The normalized spacial score (nSPS) is 26.2. The van der Waals surface area contributed by atoms with Crippen LogP contribution in [0.5, 0.6) is 0 Å². The van der Waals surface area contributed by atoms with Gasteiger partial charge in [0, 0.05) is 19.1 Å². The van der Waals surface area contributed by atoms with Crippen molar-refractivity contribution in [2.45, 2.75) is 58.9 Å². The largest absolute Gasteiger partial charge is 0.313 e. The summed E-state index contributed by atoms with van der Waals surface area (Å²) in [7, 11) is 0. The highest BCUT2D eigenvalue weighted by atomic mass is 15.1. The summed E-state index contributed by atoms with van der Waals surface area (Å²) in [6.07, 6.45) is 6.89. The predicted octanol–water partition coefficient (Wildman–Crippen LogP) is 2.89. The summed E-state index contributed by atoms with van der Waals surface area (Å²) in [5.41, 5.74) is 0. The van der Waals surface area contributed by atoms with Crippen molar-refractivity contribution in [3.8, 4) is 0 Å². The van der Waals surface area contributed by atoms with E-state index >= 15 is 0 Å². The van der Waals surface area contributed by atoms with E-state index in [4.69, 9.17) is 0 Å². The summed E-state index contributed by atoms with van der Waals surface area (Å²) < 4.78 is 0. The standard InChI is InChI=1S/C14H30N2/c1-4-11-16(5-2)12-10-15-14-8-6-13(3)7-9-14/h13-15H,4-12H2,1-3H3. The van der Waals surface area contributed by atoms with Gasteiger partial charge in [0.05, 0.1) is 0 Å². The molecule has 0 heterocycles. The first-order valence-corrected chi connectivity index (χ1v) is 7.22. The molecule has 0 aromatic rings. The quantitative estimate of drug-likeness (QED) is 0.718. The van der Waals surface area contributed by atoms with Crippen molar-refractivity contribution in [3.05, 3.63) is 0 Å². The lowest BCUT2D eigenvalue weighted by Gasteiger charge is -2.28. The number of hydrogen-bond acceptors (Lipinski definition) is 2. The van der Waals surface area contributed by atoms with Gasteiger partial charge in [-0.15, -0.1) is 0 Å². The molecule has 2 heteroatoms. The number of nitrogens with zero attached hydrogens (tertiary/aromatic N) is 1. The smallest absolute Gasteiger partial charge is 0.0107 e. The minimum absolute atomic E-state index is 0.802. The highest BCUT2D eigenvalue weighted by Crippen LogP contribution is 2.23. The van der Waals surface area contributed by atoms with Crippen LogP contribution in [0.15, 0.2) is 0 Å². The van der Waals surface area contributed by atoms with Crippen molar-refractivity contribution < 1.29 is 0 Å². The summed E-state index contributed by atoms with van der Waals surface area (Å²) in [4.78, 5) is 2.54. The molecule has 0 saturated heterocycles. The van der Waals surface area contributed by atoms with Crippen molar-refractivity contribution >= 4 is 0 Å². The zero-order valence-electron chi connectivity index (χ0n) is 11.5. The van der Waals surface area contributed by atoms with Gasteiger partial charge in [0.25, 0.3) is 0 Å². The van der Waals surface area contributed by atoms with Gasteiger partial charge in [0.15, 0.2) is 0 Å². The van der Waals surface area contributed by atoms with E-state index in [9.17, 15) is 0 Å². The van der Waals surface area contributed by atoms with Crippen LogP contribution in [0.1, 0.15) is 52.9 Å². The summed E-state index contributed by atoms with van der Waals surface area (Å²) >= 11 is 0. The van der Waals surface area contributed by atoms with Crippen LogP contribution in [-0.4, -0.2) is 37.1 Å². The molecule has 1 fully saturated rings. The molecule has 0 unspecified atom stereocenters. The van der Waals surface area contributed by atoms with E-state index in [1.165, 1.54) is 58.3 Å². The summed E-state index contributed by atoms with van der Waals surface area (Å²) in [6, 6.07) is 0.802. The highest BCUT2D eigenvalue weighted by Gasteiger charge is 2.17. The molecule has 0 bridgehead atoms. The molecule has 96 valence electrons. The Labute approximate surface area is 102 Å². The first-order valence-electron chi connectivity index (χ1n) is 7.22. The van der Waals surface area contributed by atoms with E-state index in [1.807, 2.05) is 0 Å². The van der Waals surface area contributed by atoms with E-state index in [-0.39, 0.29) is 0 Å². The van der Waals surface area contributed by atoms with Gasteiger partial charge < -0.3 is 10.2 Å². The van der Waals surface area contributed by atoms with Gasteiger partial charge in [0.1, 0.15) is 0 Å². The van der Waals surface area contributed by atoms with Crippen molar-refractivity contribution in [2.75, 3.05) is 26.2 Å². The Morgan fingerprint density at radius 3 is 2.31 bits per heavy atom. The van der Waals surface area contributed by atoms with Gasteiger partial charge in [-0.3, -0.25) is 0 Å². The molecule has 1 N–H and O–H groups in total. The summed E-state index contributed by atoms with van der Waals surface area (Å²) in [5.74, 6) is 0.963. The van der Waals surface area contributed by atoms with E-state index in [1.54, 1.807) is 0 Å². The second-order valence-electron chi connectivity index (χ2n) is 5.35.